The lowest BCUT2D eigenvalue weighted by atomic mass is 12.6. The fourth-order valence-electron chi connectivity index (χ4n) is 0.0302. The van der Waals surface area contributed by atoms with Crippen LogP contribution in [0.5, 0.6) is 0 Å². The molecule has 6 heteroatoms. The summed E-state index contributed by atoms with van der Waals surface area (Å²) in [4.78, 5) is 1.74. The van der Waals surface area contributed by atoms with Gasteiger partial charge in [-0.05, 0) is 0 Å². The molecule has 34 valence electrons. The number of halogens is 2. The van der Waals surface area contributed by atoms with E-state index in [0.717, 1.165) is 0 Å². The lowest BCUT2D eigenvalue weighted by molar-refractivity contribution is -0.154. The Morgan fingerprint density at radius 3 is 2.17 bits per heavy atom. The van der Waals surface area contributed by atoms with Gasteiger partial charge in [0.1, 0.15) is 0 Å². The van der Waals surface area contributed by atoms with Gasteiger partial charge in [0.05, 0.1) is 5.22 Å². The van der Waals surface area contributed by atoms with Gasteiger partial charge in [0.15, 0.2) is 5.45 Å². The van der Waals surface area contributed by atoms with Crippen LogP contribution < -0.4 is 0 Å². The molecule has 0 aliphatic heterocycles. The van der Waals surface area contributed by atoms with Gasteiger partial charge < -0.3 is 0 Å². The van der Waals surface area contributed by atoms with Gasteiger partial charge in [0, 0.05) is 8.96 Å². The molecule has 6 heavy (non-hydrogen) atoms. The van der Waals surface area contributed by atoms with E-state index in [1.165, 1.54) is 0 Å². The molecule has 0 saturated heterocycles. The Balaban J connectivity index is 3.29. The largest absolute Gasteiger partial charge is 0.163 e. The van der Waals surface area contributed by atoms with Crippen molar-refractivity contribution in [2.75, 3.05) is 0 Å². The van der Waals surface area contributed by atoms with E-state index in [2.05, 4.69) is 0 Å². The first-order valence-electron chi connectivity index (χ1n) is 0.938. The molecule has 0 rings (SSSR count). The van der Waals surface area contributed by atoms with Crippen LogP contribution in [-0.4, -0.2) is 5.45 Å². The molecule has 0 amide bonds. The van der Waals surface area contributed by atoms with Crippen LogP contribution >= 0.6 is 0 Å². The Labute approximate surface area is 31.4 Å². The van der Waals surface area contributed by atoms with Crippen LogP contribution in [0.25, 0.3) is 10.4 Å². The van der Waals surface area contributed by atoms with Crippen LogP contribution in [-0.2, 0) is 0 Å². The zero-order valence-corrected chi connectivity index (χ0v) is 2.54. The molecule has 0 aliphatic carbocycles. The van der Waals surface area contributed by atoms with Crippen LogP contribution in [0.1, 0.15) is 0 Å². The SMILES string of the molecule is [N-]=[N+]=NN(F)F. The van der Waals surface area contributed by atoms with E-state index in [1.54, 1.807) is 10.1 Å². The predicted molar refractivity (Wildman–Crippen MR) is 13.2 cm³/mol. The van der Waals surface area contributed by atoms with Crippen LogP contribution in [0.4, 0.5) is 8.96 Å². The maximum Gasteiger partial charge on any atom is 0.155 e. The van der Waals surface area contributed by atoms with Gasteiger partial charge in [-0.15, -0.1) is 5.53 Å². The minimum absolute atomic E-state index is 1.61. The summed E-state index contributed by atoms with van der Waals surface area (Å²) in [6, 6.07) is 0. The molecule has 0 spiro atoms. The van der Waals surface area contributed by atoms with Crippen LogP contribution in [0.2, 0.25) is 0 Å². The summed E-state index contributed by atoms with van der Waals surface area (Å²) in [5.74, 6) is 0. The Bertz CT molecular complexity index is 69.6. The average Bonchev–Trinajstić information content (AvgIpc) is 1.35. The zero-order valence-electron chi connectivity index (χ0n) is 2.54. The molecule has 0 N–H and O–H groups in total. The normalized spacial score (nSPS) is 6.33. The second-order valence-electron chi connectivity index (χ2n) is 0.394. The highest BCUT2D eigenvalue weighted by Crippen LogP contribution is 1.86. The van der Waals surface area contributed by atoms with E-state index in [9.17, 15) is 8.96 Å². The van der Waals surface area contributed by atoms with E-state index in [-0.39, 0.29) is 0 Å². The lowest BCUT2D eigenvalue weighted by Gasteiger charge is -1.71. The highest BCUT2D eigenvalue weighted by atomic mass is 19.4. The van der Waals surface area contributed by atoms with Crippen molar-refractivity contribution in [3.05, 3.63) is 10.4 Å². The van der Waals surface area contributed by atoms with Gasteiger partial charge in [-0.1, -0.05) is 0 Å². The number of azide groups is 1. The van der Waals surface area contributed by atoms with Gasteiger partial charge in [-0.25, -0.2) is 0 Å². The molecule has 0 aromatic rings. The van der Waals surface area contributed by atoms with Crippen molar-refractivity contribution in [2.45, 2.75) is 0 Å². The third kappa shape index (κ3) is 2.97. The highest BCUT2D eigenvalue weighted by Gasteiger charge is 1.89. The summed E-state index contributed by atoms with van der Waals surface area (Å²) in [5.41, 5.74) is 5.56. The molecular formula is F2N4. The minimum atomic E-state index is -1.61. The molecule has 0 bridgehead atoms. The second kappa shape index (κ2) is 2.22. The minimum Gasteiger partial charge on any atom is -0.163 e. The molecule has 4 nitrogen and oxygen atoms in total. The first-order chi connectivity index (χ1) is 2.77. The first kappa shape index (κ1) is 4.97. The van der Waals surface area contributed by atoms with E-state index in [4.69, 9.17) is 5.53 Å². The Morgan fingerprint density at radius 2 is 2.17 bits per heavy atom. The first-order valence-corrected chi connectivity index (χ1v) is 0.938. The molecule has 0 radical (unpaired) electrons. The smallest absolute Gasteiger partial charge is 0.155 e. The average molecular weight is 94.0 g/mol. The van der Waals surface area contributed by atoms with Crippen molar-refractivity contribution >= 4 is 0 Å². The quantitative estimate of drug-likeness (QED) is 0.159. The molecule has 0 unspecified atom stereocenters. The standard InChI is InChI=1S/F2N4/c1-6(2)5-4-3. The Hall–Kier alpha value is -1.03. The van der Waals surface area contributed by atoms with E-state index >= 15 is 0 Å². The number of hydrogen-bond donors (Lipinski definition) is 0. The topological polar surface area (TPSA) is 52.0 Å². The summed E-state index contributed by atoms with van der Waals surface area (Å²) in [7, 11) is 0. The van der Waals surface area contributed by atoms with Crippen LogP contribution in [0, 0.1) is 0 Å². The molecule has 0 heterocycles. The van der Waals surface area contributed by atoms with Crippen LogP contribution in [0.3, 0.4) is 0 Å². The van der Waals surface area contributed by atoms with E-state index in [0.29, 0.717) is 0 Å². The van der Waals surface area contributed by atoms with Crippen molar-refractivity contribution in [3.63, 3.8) is 0 Å². The fraction of sp³-hybridized carbons (Fsp3) is 0. The number of rotatable bonds is 1. The van der Waals surface area contributed by atoms with E-state index in [1.807, 2.05) is 0 Å². The maximum absolute atomic E-state index is 10.4. The molecule has 0 aromatic heterocycles. The predicted octanol–water partition coefficient (Wildman–Crippen LogP) is 1.28. The maximum atomic E-state index is 10.4. The van der Waals surface area contributed by atoms with Gasteiger partial charge >= 0.3 is 0 Å². The molecule has 0 atom stereocenters. The third-order valence-corrected chi connectivity index (χ3v) is 0.108. The van der Waals surface area contributed by atoms with Gasteiger partial charge in [-0.3, -0.25) is 0 Å². The Kier molecular flexibility index (Phi) is 1.84. The van der Waals surface area contributed by atoms with Crippen molar-refractivity contribution < 1.29 is 8.96 Å². The van der Waals surface area contributed by atoms with Crippen molar-refractivity contribution in [3.8, 4) is 0 Å². The van der Waals surface area contributed by atoms with Crippen molar-refractivity contribution in [1.29, 1.82) is 0 Å². The summed E-state index contributed by atoms with van der Waals surface area (Å²) in [6.07, 6.45) is 0. The molecule has 0 aromatic carbocycles. The second-order valence-corrected chi connectivity index (χ2v) is 0.394. The van der Waals surface area contributed by atoms with Gasteiger partial charge in [0.25, 0.3) is 0 Å². The highest BCUT2D eigenvalue weighted by molar-refractivity contribution is 4.28. The van der Waals surface area contributed by atoms with Crippen molar-refractivity contribution in [2.24, 2.45) is 5.22 Å². The molecule has 0 aliphatic rings. The van der Waals surface area contributed by atoms with E-state index < -0.39 is 5.45 Å². The summed E-state index contributed by atoms with van der Waals surface area (Å²) >= 11 is 0. The van der Waals surface area contributed by atoms with Crippen molar-refractivity contribution in [1.82, 2.24) is 5.45 Å². The monoisotopic (exact) mass is 94.0 g/mol. The lowest BCUT2D eigenvalue weighted by Crippen LogP contribution is -1.80. The Morgan fingerprint density at radius 1 is 1.67 bits per heavy atom. The summed E-state index contributed by atoms with van der Waals surface area (Å²) in [5, 5.41) is 1.81. The number of hydrogen-bond acceptors (Lipinski definition) is 1. The fourth-order valence-corrected chi connectivity index (χ4v) is 0.0302. The molecule has 0 fully saturated rings. The summed E-state index contributed by atoms with van der Waals surface area (Å²) in [6.45, 7) is 0. The van der Waals surface area contributed by atoms with Gasteiger partial charge in [-0.2, -0.15) is 4.91 Å². The van der Waals surface area contributed by atoms with Crippen LogP contribution in [0.15, 0.2) is 5.22 Å². The molecular weight excluding hydrogens is 94.0 g/mol. The van der Waals surface area contributed by atoms with Gasteiger partial charge in [0.2, 0.25) is 0 Å². The number of nitrogens with zero attached hydrogens (tertiary/aromatic N) is 4. The summed E-state index contributed by atoms with van der Waals surface area (Å²) < 4.78 is 20.9. The zero-order chi connectivity index (χ0) is 4.99. The molecule has 0 saturated carbocycles. The third-order valence-electron chi connectivity index (χ3n) is 0.108.